The van der Waals surface area contributed by atoms with E-state index in [2.05, 4.69) is 29.6 Å². The summed E-state index contributed by atoms with van der Waals surface area (Å²) in [6.45, 7) is 0.532. The van der Waals surface area contributed by atoms with Crippen LogP contribution in [0.4, 0.5) is 4.79 Å². The summed E-state index contributed by atoms with van der Waals surface area (Å²) in [7, 11) is 3.24. The Morgan fingerprint density at radius 2 is 1.45 bits per heavy atom. The zero-order valence-corrected chi connectivity index (χ0v) is 16.5. The van der Waals surface area contributed by atoms with Crippen molar-refractivity contribution in [2.75, 3.05) is 20.8 Å². The molecule has 0 aromatic heterocycles. The van der Waals surface area contributed by atoms with Crippen LogP contribution < -0.4 is 14.8 Å². The van der Waals surface area contributed by atoms with Gasteiger partial charge in [-0.3, -0.25) is 0 Å². The lowest BCUT2D eigenvalue weighted by Crippen LogP contribution is -2.34. The molecule has 5 nitrogen and oxygen atoms in total. The summed E-state index contributed by atoms with van der Waals surface area (Å²) >= 11 is 0. The number of hydrogen-bond acceptors (Lipinski definition) is 3. The third-order valence-corrected chi connectivity index (χ3v) is 5.32. The van der Waals surface area contributed by atoms with Gasteiger partial charge in [0.2, 0.25) is 0 Å². The molecular weight excluding hydrogens is 364 g/mol. The van der Waals surface area contributed by atoms with Crippen molar-refractivity contribution in [3.8, 4) is 11.5 Å². The van der Waals surface area contributed by atoms with Crippen LogP contribution in [0.25, 0.3) is 0 Å². The van der Waals surface area contributed by atoms with Crippen LogP contribution in [0.2, 0.25) is 0 Å². The van der Waals surface area contributed by atoms with Crippen LogP contribution >= 0.6 is 0 Å². The van der Waals surface area contributed by atoms with Gasteiger partial charge in [-0.15, -0.1) is 0 Å². The maximum atomic E-state index is 13.0. The molecule has 1 N–H and O–H groups in total. The molecule has 1 heterocycles. The first-order chi connectivity index (χ1) is 14.2. The van der Waals surface area contributed by atoms with E-state index in [1.807, 2.05) is 59.5 Å². The zero-order valence-electron chi connectivity index (χ0n) is 16.5. The molecule has 1 fully saturated rings. The van der Waals surface area contributed by atoms with Crippen LogP contribution in [-0.2, 0) is 0 Å². The highest BCUT2D eigenvalue weighted by Gasteiger charge is 2.38. The Labute approximate surface area is 170 Å². The first kappa shape index (κ1) is 18.9. The van der Waals surface area contributed by atoms with Crippen LogP contribution in [0, 0.1) is 0 Å². The second kappa shape index (κ2) is 8.27. The summed E-state index contributed by atoms with van der Waals surface area (Å²) in [5, 5.41) is 3.02. The SMILES string of the molecule is COc1ccc(C2CNC(=O)N2C(c2ccccc2)c2ccccc2)cc1OC. The van der Waals surface area contributed by atoms with E-state index >= 15 is 0 Å². The van der Waals surface area contributed by atoms with Crippen molar-refractivity contribution in [1.29, 1.82) is 0 Å². The Kier molecular flexibility index (Phi) is 5.38. The number of nitrogens with zero attached hydrogens (tertiary/aromatic N) is 1. The fraction of sp³-hybridized carbons (Fsp3) is 0.208. The lowest BCUT2D eigenvalue weighted by molar-refractivity contribution is 0.187. The number of urea groups is 1. The molecule has 0 radical (unpaired) electrons. The molecule has 1 atom stereocenters. The summed E-state index contributed by atoms with van der Waals surface area (Å²) in [5.74, 6) is 1.32. The van der Waals surface area contributed by atoms with Gasteiger partial charge in [0.05, 0.1) is 26.3 Å². The molecule has 1 aliphatic rings. The lowest BCUT2D eigenvalue weighted by Gasteiger charge is -2.33. The predicted molar refractivity (Wildman–Crippen MR) is 112 cm³/mol. The van der Waals surface area contributed by atoms with E-state index in [0.29, 0.717) is 18.0 Å². The predicted octanol–water partition coefficient (Wildman–Crippen LogP) is 4.56. The van der Waals surface area contributed by atoms with Gasteiger partial charge in [0, 0.05) is 6.54 Å². The number of rotatable bonds is 6. The second-order valence-electron chi connectivity index (χ2n) is 6.95. The average molecular weight is 388 g/mol. The van der Waals surface area contributed by atoms with Gasteiger partial charge in [0.25, 0.3) is 0 Å². The third kappa shape index (κ3) is 3.63. The third-order valence-electron chi connectivity index (χ3n) is 5.32. The molecular formula is C24H24N2O3. The van der Waals surface area contributed by atoms with Gasteiger partial charge in [0.1, 0.15) is 0 Å². The van der Waals surface area contributed by atoms with Gasteiger partial charge < -0.3 is 19.7 Å². The molecule has 0 bridgehead atoms. The minimum atomic E-state index is -0.196. The van der Waals surface area contributed by atoms with Crippen LogP contribution in [-0.4, -0.2) is 31.7 Å². The van der Waals surface area contributed by atoms with Crippen molar-refractivity contribution >= 4 is 6.03 Å². The van der Waals surface area contributed by atoms with Gasteiger partial charge in [-0.25, -0.2) is 4.79 Å². The van der Waals surface area contributed by atoms with Gasteiger partial charge in [-0.05, 0) is 28.8 Å². The summed E-state index contributed by atoms with van der Waals surface area (Å²) in [5.41, 5.74) is 3.14. The van der Waals surface area contributed by atoms with Crippen molar-refractivity contribution in [3.63, 3.8) is 0 Å². The topological polar surface area (TPSA) is 50.8 Å². The standard InChI is InChI=1S/C24H24N2O3/c1-28-21-14-13-19(15-22(21)29-2)20-16-25-24(27)26(20)23(17-9-5-3-6-10-17)18-11-7-4-8-12-18/h3-15,20,23H,16H2,1-2H3,(H,25,27). The molecule has 29 heavy (non-hydrogen) atoms. The van der Waals surface area contributed by atoms with E-state index in [1.165, 1.54) is 0 Å². The van der Waals surface area contributed by atoms with E-state index < -0.39 is 0 Å². The number of benzene rings is 3. The molecule has 1 unspecified atom stereocenters. The van der Waals surface area contributed by atoms with E-state index in [9.17, 15) is 4.79 Å². The molecule has 0 aliphatic carbocycles. The normalized spacial score (nSPS) is 16.0. The largest absolute Gasteiger partial charge is 0.493 e. The fourth-order valence-electron chi connectivity index (χ4n) is 3.94. The quantitative estimate of drug-likeness (QED) is 0.673. The zero-order chi connectivity index (χ0) is 20.2. The number of hydrogen-bond donors (Lipinski definition) is 1. The molecule has 0 spiro atoms. The Morgan fingerprint density at radius 1 is 0.862 bits per heavy atom. The lowest BCUT2D eigenvalue weighted by atomic mass is 9.94. The number of amides is 2. The number of ether oxygens (including phenoxy) is 2. The first-order valence-electron chi connectivity index (χ1n) is 9.61. The average Bonchev–Trinajstić information content (AvgIpc) is 3.16. The van der Waals surface area contributed by atoms with Crippen LogP contribution in [0.3, 0.4) is 0 Å². The van der Waals surface area contributed by atoms with Crippen molar-refractivity contribution in [1.82, 2.24) is 10.2 Å². The van der Waals surface area contributed by atoms with Crippen LogP contribution in [0.1, 0.15) is 28.8 Å². The van der Waals surface area contributed by atoms with Crippen LogP contribution in [0.5, 0.6) is 11.5 Å². The molecule has 148 valence electrons. The fourth-order valence-corrected chi connectivity index (χ4v) is 3.94. The molecule has 4 rings (SSSR count). The van der Waals surface area contributed by atoms with Crippen molar-refractivity contribution < 1.29 is 14.3 Å². The Morgan fingerprint density at radius 3 is 2.00 bits per heavy atom. The van der Waals surface area contributed by atoms with Gasteiger partial charge >= 0.3 is 6.03 Å². The summed E-state index contributed by atoms with van der Waals surface area (Å²) in [6.07, 6.45) is 0. The highest BCUT2D eigenvalue weighted by molar-refractivity contribution is 5.78. The summed E-state index contributed by atoms with van der Waals surface area (Å²) < 4.78 is 10.8. The van der Waals surface area contributed by atoms with Crippen molar-refractivity contribution in [3.05, 3.63) is 95.6 Å². The van der Waals surface area contributed by atoms with E-state index in [1.54, 1.807) is 14.2 Å². The van der Waals surface area contributed by atoms with Crippen LogP contribution in [0.15, 0.2) is 78.9 Å². The molecule has 2 amide bonds. The molecule has 3 aromatic carbocycles. The minimum Gasteiger partial charge on any atom is -0.493 e. The van der Waals surface area contributed by atoms with Gasteiger partial charge in [-0.1, -0.05) is 66.7 Å². The van der Waals surface area contributed by atoms with E-state index in [4.69, 9.17) is 9.47 Å². The molecule has 0 saturated carbocycles. The van der Waals surface area contributed by atoms with Gasteiger partial charge in [-0.2, -0.15) is 0 Å². The molecule has 1 aliphatic heterocycles. The van der Waals surface area contributed by atoms with Crippen molar-refractivity contribution in [2.45, 2.75) is 12.1 Å². The smallest absolute Gasteiger partial charge is 0.318 e. The number of nitrogens with one attached hydrogen (secondary N) is 1. The van der Waals surface area contributed by atoms with E-state index in [-0.39, 0.29) is 18.1 Å². The Hall–Kier alpha value is -3.47. The highest BCUT2D eigenvalue weighted by Crippen LogP contribution is 2.40. The van der Waals surface area contributed by atoms with E-state index in [0.717, 1.165) is 16.7 Å². The van der Waals surface area contributed by atoms with Gasteiger partial charge in [0.15, 0.2) is 11.5 Å². The maximum Gasteiger partial charge on any atom is 0.318 e. The molecule has 1 saturated heterocycles. The monoisotopic (exact) mass is 388 g/mol. The highest BCUT2D eigenvalue weighted by atomic mass is 16.5. The summed E-state index contributed by atoms with van der Waals surface area (Å²) in [6, 6.07) is 25.7. The Balaban J connectivity index is 1.80. The number of methoxy groups -OCH3 is 2. The van der Waals surface area contributed by atoms with Crippen molar-refractivity contribution in [2.24, 2.45) is 0 Å². The summed E-state index contributed by atoms with van der Waals surface area (Å²) in [4.78, 5) is 14.9. The minimum absolute atomic E-state index is 0.0810. The first-order valence-corrected chi connectivity index (χ1v) is 9.61. The second-order valence-corrected chi connectivity index (χ2v) is 6.95. The maximum absolute atomic E-state index is 13.0. The molecule has 3 aromatic rings. The number of carbonyl (C=O) groups is 1. The molecule has 5 heteroatoms. The Bertz CT molecular complexity index is 936. The number of carbonyl (C=O) groups excluding carboxylic acids is 1.